The number of amides is 3. The average Bonchev–Trinajstić information content (AvgIpc) is 2.92. The molecule has 2 aromatic carbocycles. The molecule has 9 nitrogen and oxygen atoms in total. The van der Waals surface area contributed by atoms with Crippen LogP contribution in [0.15, 0.2) is 66.9 Å². The third-order valence-electron chi connectivity index (χ3n) is 6.35. The summed E-state index contributed by atoms with van der Waals surface area (Å²) >= 11 is 5.87. The number of carboxylic acids is 1. The van der Waals surface area contributed by atoms with E-state index in [4.69, 9.17) is 11.6 Å². The first-order valence-electron chi connectivity index (χ1n) is 12.2. The molecule has 1 aliphatic rings. The molecule has 2 unspecified atom stereocenters. The van der Waals surface area contributed by atoms with Gasteiger partial charge in [-0.2, -0.15) is 0 Å². The zero-order chi connectivity index (χ0) is 28.1. The molecule has 1 aromatic heterocycles. The van der Waals surface area contributed by atoms with E-state index < -0.39 is 48.1 Å². The number of hydrogen-bond acceptors (Lipinski definition) is 5. The van der Waals surface area contributed by atoms with Crippen LogP contribution < -0.4 is 5.32 Å². The van der Waals surface area contributed by atoms with Gasteiger partial charge in [0.05, 0.1) is 18.0 Å². The predicted molar refractivity (Wildman–Crippen MR) is 140 cm³/mol. The third kappa shape index (κ3) is 6.58. The lowest BCUT2D eigenvalue weighted by Crippen LogP contribution is -2.63. The Kier molecular flexibility index (Phi) is 8.55. The summed E-state index contributed by atoms with van der Waals surface area (Å²) in [5.41, 5.74) is 1.74. The van der Waals surface area contributed by atoms with Crippen molar-refractivity contribution in [1.82, 2.24) is 20.1 Å². The van der Waals surface area contributed by atoms with Crippen LogP contribution in [0.5, 0.6) is 0 Å². The van der Waals surface area contributed by atoms with E-state index >= 15 is 0 Å². The molecule has 202 valence electrons. The van der Waals surface area contributed by atoms with Crippen molar-refractivity contribution in [3.63, 3.8) is 0 Å². The first-order valence-corrected chi connectivity index (χ1v) is 12.6. The molecule has 0 bridgehead atoms. The van der Waals surface area contributed by atoms with Crippen LogP contribution in [-0.4, -0.2) is 62.8 Å². The molecule has 3 aromatic rings. The Morgan fingerprint density at radius 2 is 1.67 bits per heavy atom. The molecular formula is C28H26ClFN4O5. The van der Waals surface area contributed by atoms with Crippen molar-refractivity contribution in [2.75, 3.05) is 13.1 Å². The van der Waals surface area contributed by atoms with Gasteiger partial charge >= 0.3 is 5.97 Å². The zero-order valence-electron chi connectivity index (χ0n) is 21.0. The van der Waals surface area contributed by atoms with Gasteiger partial charge in [0.1, 0.15) is 11.0 Å². The fourth-order valence-corrected chi connectivity index (χ4v) is 4.63. The number of carboxylic acid groups (broad SMARTS) is 1. The molecule has 1 aliphatic heterocycles. The van der Waals surface area contributed by atoms with Crippen molar-refractivity contribution in [2.24, 2.45) is 0 Å². The Morgan fingerprint density at radius 1 is 1.03 bits per heavy atom. The van der Waals surface area contributed by atoms with Crippen molar-refractivity contribution in [2.45, 2.75) is 32.0 Å². The van der Waals surface area contributed by atoms with E-state index in [9.17, 15) is 28.7 Å². The highest BCUT2D eigenvalue weighted by atomic mass is 35.5. The number of aryl methyl sites for hydroxylation is 1. The van der Waals surface area contributed by atoms with Gasteiger partial charge in [0.2, 0.25) is 0 Å². The van der Waals surface area contributed by atoms with E-state index in [0.717, 1.165) is 17.7 Å². The van der Waals surface area contributed by atoms with Crippen LogP contribution in [0, 0.1) is 12.7 Å². The van der Waals surface area contributed by atoms with E-state index in [1.807, 2.05) is 13.0 Å². The number of hydrogen-bond donors (Lipinski definition) is 2. The van der Waals surface area contributed by atoms with E-state index in [1.54, 1.807) is 18.2 Å². The molecule has 0 saturated carbocycles. The topological polar surface area (TPSA) is 120 Å². The highest BCUT2D eigenvalue weighted by Crippen LogP contribution is 2.24. The van der Waals surface area contributed by atoms with Crippen LogP contribution in [0.3, 0.4) is 0 Å². The number of rotatable bonds is 7. The quantitative estimate of drug-likeness (QED) is 0.430. The molecular weight excluding hydrogens is 527 g/mol. The molecule has 0 aliphatic carbocycles. The fourth-order valence-electron chi connectivity index (χ4n) is 4.52. The first kappa shape index (κ1) is 27.7. The summed E-state index contributed by atoms with van der Waals surface area (Å²) in [6.07, 6.45) is -0.163. The minimum absolute atomic E-state index is 0.137. The van der Waals surface area contributed by atoms with Crippen molar-refractivity contribution < 1.29 is 28.7 Å². The van der Waals surface area contributed by atoms with E-state index in [0.29, 0.717) is 12.0 Å². The Hall–Kier alpha value is -4.31. The van der Waals surface area contributed by atoms with Crippen molar-refractivity contribution in [1.29, 1.82) is 0 Å². The van der Waals surface area contributed by atoms with Crippen molar-refractivity contribution in [3.8, 4) is 0 Å². The summed E-state index contributed by atoms with van der Waals surface area (Å²) in [5.74, 6) is -3.52. The highest BCUT2D eigenvalue weighted by molar-refractivity contribution is 6.29. The Morgan fingerprint density at radius 3 is 2.26 bits per heavy atom. The van der Waals surface area contributed by atoms with Crippen LogP contribution >= 0.6 is 11.6 Å². The van der Waals surface area contributed by atoms with Crippen LogP contribution in [-0.2, 0) is 9.59 Å². The number of carbonyl (C=O) groups is 4. The number of nitrogens with zero attached hydrogens (tertiary/aromatic N) is 3. The molecule has 11 heteroatoms. The Labute approximate surface area is 229 Å². The van der Waals surface area contributed by atoms with Gasteiger partial charge in [0, 0.05) is 24.8 Å². The molecule has 2 atom stereocenters. The molecule has 4 rings (SSSR count). The van der Waals surface area contributed by atoms with Gasteiger partial charge in [-0.15, -0.1) is 0 Å². The van der Waals surface area contributed by atoms with Gasteiger partial charge in [-0.3, -0.25) is 19.2 Å². The molecule has 2 N–H and O–H groups in total. The molecule has 39 heavy (non-hydrogen) atoms. The molecule has 0 radical (unpaired) electrons. The van der Waals surface area contributed by atoms with E-state index in [2.05, 4.69) is 10.3 Å². The van der Waals surface area contributed by atoms with Crippen LogP contribution in [0.2, 0.25) is 5.15 Å². The van der Waals surface area contributed by atoms with Crippen LogP contribution in [0.1, 0.15) is 50.7 Å². The maximum Gasteiger partial charge on any atom is 0.305 e. The summed E-state index contributed by atoms with van der Waals surface area (Å²) < 4.78 is 13.5. The lowest BCUT2D eigenvalue weighted by Gasteiger charge is -2.43. The monoisotopic (exact) mass is 552 g/mol. The van der Waals surface area contributed by atoms with Crippen LogP contribution in [0.25, 0.3) is 0 Å². The number of aliphatic carboxylic acids is 1. The molecule has 1 fully saturated rings. The van der Waals surface area contributed by atoms with Crippen molar-refractivity contribution >= 4 is 35.3 Å². The summed E-state index contributed by atoms with van der Waals surface area (Å²) in [5, 5.41) is 12.5. The summed E-state index contributed by atoms with van der Waals surface area (Å²) in [6.45, 7) is 2.14. The number of pyridine rings is 1. The van der Waals surface area contributed by atoms with Crippen molar-refractivity contribution in [3.05, 3.63) is 100 Å². The maximum absolute atomic E-state index is 13.9. The molecule has 2 heterocycles. The van der Waals surface area contributed by atoms with Gasteiger partial charge in [-0.1, -0.05) is 41.4 Å². The summed E-state index contributed by atoms with van der Waals surface area (Å²) in [7, 11) is 0. The smallest absolute Gasteiger partial charge is 0.305 e. The molecule has 1 saturated heterocycles. The Balaban J connectivity index is 1.71. The largest absolute Gasteiger partial charge is 0.481 e. The molecule has 0 spiro atoms. The SMILES string of the molecule is Cc1cccc(C(CC(=O)O)NC(=O)C2N(C(=O)c3ccc(F)cc3)CCCN2C(=O)c2ccc(Cl)nc2)c1. The minimum Gasteiger partial charge on any atom is -0.481 e. The summed E-state index contributed by atoms with van der Waals surface area (Å²) in [4.78, 5) is 59.0. The number of benzene rings is 2. The Bertz CT molecular complexity index is 1320. The number of carbonyl (C=O) groups excluding carboxylic acids is 3. The second-order valence-electron chi connectivity index (χ2n) is 9.17. The minimum atomic E-state index is -1.40. The maximum atomic E-state index is 13.9. The normalized spacial score (nSPS) is 15.9. The summed E-state index contributed by atoms with van der Waals surface area (Å²) in [6, 6.07) is 13.9. The average molecular weight is 553 g/mol. The number of aromatic nitrogens is 1. The number of nitrogens with one attached hydrogen (secondary N) is 1. The van der Waals surface area contributed by atoms with Gasteiger partial charge in [-0.25, -0.2) is 9.37 Å². The predicted octanol–water partition coefficient (Wildman–Crippen LogP) is 3.83. The standard InChI is InChI=1S/C28H26ClFN4O5/c1-17-4-2-5-19(14-17)22(15-24(35)36)32-25(37)26-33(27(38)18-6-9-21(30)10-7-18)12-3-13-34(26)28(39)20-8-11-23(29)31-16-20/h2,4-11,14,16,22,26H,3,12-13,15H2,1H3,(H,32,37)(H,35,36). The lowest BCUT2D eigenvalue weighted by atomic mass is 10.0. The van der Waals surface area contributed by atoms with Gasteiger partial charge in [0.25, 0.3) is 17.7 Å². The first-order chi connectivity index (χ1) is 18.6. The molecule has 3 amide bonds. The second kappa shape index (κ2) is 12.0. The van der Waals surface area contributed by atoms with Gasteiger partial charge < -0.3 is 20.2 Å². The number of halogens is 2. The van der Waals surface area contributed by atoms with Gasteiger partial charge in [-0.05, 0) is 55.3 Å². The highest BCUT2D eigenvalue weighted by Gasteiger charge is 2.41. The second-order valence-corrected chi connectivity index (χ2v) is 9.56. The van der Waals surface area contributed by atoms with E-state index in [-0.39, 0.29) is 29.4 Å². The third-order valence-corrected chi connectivity index (χ3v) is 6.57. The lowest BCUT2D eigenvalue weighted by molar-refractivity contribution is -0.138. The fraction of sp³-hybridized carbons (Fsp3) is 0.250. The zero-order valence-corrected chi connectivity index (χ0v) is 21.8. The van der Waals surface area contributed by atoms with Gasteiger partial charge in [0.15, 0.2) is 6.17 Å². The van der Waals surface area contributed by atoms with E-state index in [1.165, 1.54) is 40.3 Å². The van der Waals surface area contributed by atoms with Crippen LogP contribution in [0.4, 0.5) is 4.39 Å².